The Balaban J connectivity index is 2.20. The van der Waals surface area contributed by atoms with E-state index in [4.69, 9.17) is 9.47 Å². The zero-order chi connectivity index (χ0) is 9.19. The van der Waals surface area contributed by atoms with Crippen molar-refractivity contribution in [3.8, 4) is 0 Å². The normalized spacial score (nSPS) is 28.2. The molecule has 0 radical (unpaired) electrons. The molecule has 1 atom stereocenters. The van der Waals surface area contributed by atoms with E-state index in [2.05, 4.69) is 27.7 Å². The number of rotatable bonds is 3. The minimum absolute atomic E-state index is 0.0294. The van der Waals surface area contributed by atoms with Crippen LogP contribution in [0.25, 0.3) is 0 Å². The highest BCUT2D eigenvalue weighted by molar-refractivity contribution is 4.76. The van der Waals surface area contributed by atoms with Gasteiger partial charge in [-0.1, -0.05) is 13.8 Å². The summed E-state index contributed by atoms with van der Waals surface area (Å²) in [7, 11) is 0. The van der Waals surface area contributed by atoms with Gasteiger partial charge in [0, 0.05) is 6.42 Å². The molecular weight excluding hydrogens is 152 g/mol. The Hall–Kier alpha value is -0.0800. The molecular formula is C10H20O2. The Kier molecular flexibility index (Phi) is 3.13. The van der Waals surface area contributed by atoms with Crippen LogP contribution in [-0.2, 0) is 9.47 Å². The van der Waals surface area contributed by atoms with Crippen LogP contribution in [-0.4, -0.2) is 18.5 Å². The number of ether oxygens (including phenoxy) is 2. The molecule has 2 heteroatoms. The lowest BCUT2D eigenvalue weighted by Crippen LogP contribution is -2.22. The van der Waals surface area contributed by atoms with Crippen molar-refractivity contribution in [2.45, 2.75) is 52.4 Å². The van der Waals surface area contributed by atoms with Crippen molar-refractivity contribution in [2.24, 2.45) is 5.92 Å². The maximum Gasteiger partial charge on any atom is 0.158 e. The fourth-order valence-electron chi connectivity index (χ4n) is 1.36. The Morgan fingerprint density at radius 1 is 1.50 bits per heavy atom. The van der Waals surface area contributed by atoms with E-state index in [0.29, 0.717) is 5.92 Å². The van der Waals surface area contributed by atoms with Crippen molar-refractivity contribution < 1.29 is 9.47 Å². The van der Waals surface area contributed by atoms with Gasteiger partial charge in [0.15, 0.2) is 6.29 Å². The highest BCUT2D eigenvalue weighted by Gasteiger charge is 2.32. The summed E-state index contributed by atoms with van der Waals surface area (Å²) in [5.74, 6) is 0.595. The van der Waals surface area contributed by atoms with E-state index >= 15 is 0 Å². The van der Waals surface area contributed by atoms with Gasteiger partial charge in [0.1, 0.15) is 0 Å². The molecule has 12 heavy (non-hydrogen) atoms. The molecule has 0 aromatic heterocycles. The first-order valence-corrected chi connectivity index (χ1v) is 4.79. The zero-order valence-electron chi connectivity index (χ0n) is 8.59. The Morgan fingerprint density at radius 3 is 2.58 bits per heavy atom. The third kappa shape index (κ3) is 3.11. The van der Waals surface area contributed by atoms with Gasteiger partial charge >= 0.3 is 0 Å². The van der Waals surface area contributed by atoms with E-state index in [1.807, 2.05) is 0 Å². The monoisotopic (exact) mass is 172 g/mol. The van der Waals surface area contributed by atoms with E-state index in [0.717, 1.165) is 19.4 Å². The third-order valence-corrected chi connectivity index (χ3v) is 2.05. The van der Waals surface area contributed by atoms with Gasteiger partial charge < -0.3 is 9.47 Å². The van der Waals surface area contributed by atoms with Crippen LogP contribution in [0.5, 0.6) is 0 Å². The van der Waals surface area contributed by atoms with Gasteiger partial charge in [-0.15, -0.1) is 0 Å². The molecule has 2 nitrogen and oxygen atoms in total. The summed E-state index contributed by atoms with van der Waals surface area (Å²) in [6, 6.07) is 0. The van der Waals surface area contributed by atoms with Gasteiger partial charge in [0.2, 0.25) is 0 Å². The van der Waals surface area contributed by atoms with Gasteiger partial charge in [-0.3, -0.25) is 0 Å². The van der Waals surface area contributed by atoms with E-state index in [9.17, 15) is 0 Å². The van der Waals surface area contributed by atoms with Crippen LogP contribution in [0.3, 0.4) is 0 Å². The molecule has 0 saturated carbocycles. The minimum Gasteiger partial charge on any atom is -0.352 e. The van der Waals surface area contributed by atoms with Crippen LogP contribution in [0, 0.1) is 5.92 Å². The summed E-state index contributed by atoms with van der Waals surface area (Å²) in [6.07, 6.45) is 2.19. The van der Waals surface area contributed by atoms with E-state index in [-0.39, 0.29) is 11.9 Å². The first-order valence-electron chi connectivity index (χ1n) is 4.79. The van der Waals surface area contributed by atoms with Crippen LogP contribution in [0.15, 0.2) is 0 Å². The van der Waals surface area contributed by atoms with Gasteiger partial charge in [0.05, 0.1) is 12.2 Å². The SMILES string of the molecule is CC(C)COC1CCC(C)(C)O1. The summed E-state index contributed by atoms with van der Waals surface area (Å²) in [4.78, 5) is 0. The van der Waals surface area contributed by atoms with Crippen LogP contribution in [0.1, 0.15) is 40.5 Å². The Labute approximate surface area is 75.2 Å². The molecule has 1 saturated heterocycles. The Morgan fingerprint density at radius 2 is 2.17 bits per heavy atom. The maximum atomic E-state index is 5.68. The van der Waals surface area contributed by atoms with Crippen LogP contribution in [0.2, 0.25) is 0 Å². The lowest BCUT2D eigenvalue weighted by molar-refractivity contribution is -0.162. The molecule has 1 aliphatic heterocycles. The molecule has 0 amide bonds. The predicted octanol–water partition coefficient (Wildman–Crippen LogP) is 2.57. The summed E-state index contributed by atoms with van der Waals surface area (Å²) in [5, 5.41) is 0. The second kappa shape index (κ2) is 3.75. The largest absolute Gasteiger partial charge is 0.352 e. The molecule has 0 aromatic rings. The zero-order valence-corrected chi connectivity index (χ0v) is 8.59. The molecule has 1 fully saturated rings. The smallest absolute Gasteiger partial charge is 0.158 e. The summed E-state index contributed by atoms with van der Waals surface area (Å²) in [5.41, 5.74) is 0.0294. The molecule has 1 unspecified atom stereocenters. The highest BCUT2D eigenvalue weighted by atomic mass is 16.7. The van der Waals surface area contributed by atoms with Crippen LogP contribution >= 0.6 is 0 Å². The summed E-state index contributed by atoms with van der Waals surface area (Å²) < 4.78 is 11.3. The molecule has 0 aliphatic carbocycles. The third-order valence-electron chi connectivity index (χ3n) is 2.05. The average molecular weight is 172 g/mol. The van der Waals surface area contributed by atoms with E-state index in [1.54, 1.807) is 0 Å². The van der Waals surface area contributed by atoms with Crippen LogP contribution < -0.4 is 0 Å². The van der Waals surface area contributed by atoms with Crippen LogP contribution in [0.4, 0.5) is 0 Å². The summed E-state index contributed by atoms with van der Waals surface area (Å²) in [6.45, 7) is 9.35. The predicted molar refractivity (Wildman–Crippen MR) is 49.0 cm³/mol. The fourth-order valence-corrected chi connectivity index (χ4v) is 1.36. The lowest BCUT2D eigenvalue weighted by atomic mass is 10.1. The second-order valence-electron chi connectivity index (χ2n) is 4.57. The van der Waals surface area contributed by atoms with Gasteiger partial charge in [0.25, 0.3) is 0 Å². The topological polar surface area (TPSA) is 18.5 Å². The molecule has 0 aromatic carbocycles. The van der Waals surface area contributed by atoms with Crippen molar-refractivity contribution in [1.82, 2.24) is 0 Å². The highest BCUT2D eigenvalue weighted by Crippen LogP contribution is 2.29. The molecule has 1 aliphatic rings. The van der Waals surface area contributed by atoms with Crippen molar-refractivity contribution in [2.75, 3.05) is 6.61 Å². The van der Waals surface area contributed by atoms with E-state index in [1.165, 1.54) is 0 Å². The van der Waals surface area contributed by atoms with Gasteiger partial charge in [-0.2, -0.15) is 0 Å². The number of hydrogen-bond acceptors (Lipinski definition) is 2. The van der Waals surface area contributed by atoms with Crippen molar-refractivity contribution in [3.05, 3.63) is 0 Å². The molecule has 0 bridgehead atoms. The number of hydrogen-bond donors (Lipinski definition) is 0. The summed E-state index contributed by atoms with van der Waals surface area (Å²) >= 11 is 0. The first kappa shape index (κ1) is 10.0. The first-order chi connectivity index (χ1) is 5.49. The lowest BCUT2D eigenvalue weighted by Gasteiger charge is -2.19. The molecule has 1 rings (SSSR count). The minimum atomic E-state index is 0.0294. The quantitative estimate of drug-likeness (QED) is 0.651. The van der Waals surface area contributed by atoms with E-state index < -0.39 is 0 Å². The molecule has 0 N–H and O–H groups in total. The van der Waals surface area contributed by atoms with Crippen molar-refractivity contribution >= 4 is 0 Å². The van der Waals surface area contributed by atoms with Gasteiger partial charge in [-0.05, 0) is 26.2 Å². The standard InChI is InChI=1S/C10H20O2/c1-8(2)7-11-9-5-6-10(3,4)12-9/h8-9H,5-7H2,1-4H3. The fraction of sp³-hybridized carbons (Fsp3) is 1.00. The molecule has 1 heterocycles. The Bertz CT molecular complexity index is 141. The van der Waals surface area contributed by atoms with Crippen molar-refractivity contribution in [3.63, 3.8) is 0 Å². The van der Waals surface area contributed by atoms with Gasteiger partial charge in [-0.25, -0.2) is 0 Å². The molecule has 0 spiro atoms. The maximum absolute atomic E-state index is 5.68. The average Bonchev–Trinajstić information content (AvgIpc) is 2.26. The second-order valence-corrected chi connectivity index (χ2v) is 4.57. The van der Waals surface area contributed by atoms with Crippen molar-refractivity contribution in [1.29, 1.82) is 0 Å². The molecule has 72 valence electrons.